The van der Waals surface area contributed by atoms with Gasteiger partial charge >= 0.3 is 0 Å². The van der Waals surface area contributed by atoms with E-state index < -0.39 is 0 Å². The number of nitrogens with one attached hydrogen (secondary N) is 1. The van der Waals surface area contributed by atoms with Crippen molar-refractivity contribution in [2.24, 2.45) is 7.05 Å². The molecule has 4 aromatic rings. The number of hydrogen-bond acceptors (Lipinski definition) is 9. The standard InChI is InChI=1S/C19H19N7O3S/c1-26-24-18(23-25-26)11-3-2-4-13(7-11)29-9-12-10-30-16-14(19(28)21-5-6-27)8-22-17(20)15(12)16/h2-4,7-8,10,27H,5-6,9H2,1H3,(H2,20,22)(H,21,28). The summed E-state index contributed by atoms with van der Waals surface area (Å²) >= 11 is 1.40. The van der Waals surface area contributed by atoms with Gasteiger partial charge in [-0.15, -0.1) is 21.5 Å². The average Bonchev–Trinajstić information content (AvgIpc) is 3.38. The van der Waals surface area contributed by atoms with E-state index in [1.54, 1.807) is 7.05 Å². The summed E-state index contributed by atoms with van der Waals surface area (Å²) in [7, 11) is 1.70. The van der Waals surface area contributed by atoms with Crippen LogP contribution in [0.5, 0.6) is 5.75 Å². The van der Waals surface area contributed by atoms with Crippen LogP contribution < -0.4 is 15.8 Å². The summed E-state index contributed by atoms with van der Waals surface area (Å²) in [6.45, 7) is 0.290. The van der Waals surface area contributed by atoms with E-state index in [0.29, 0.717) is 28.3 Å². The Morgan fingerprint density at radius 2 is 2.27 bits per heavy atom. The van der Waals surface area contributed by atoms with Crippen molar-refractivity contribution in [2.75, 3.05) is 18.9 Å². The molecule has 0 aliphatic rings. The molecule has 0 aliphatic heterocycles. The van der Waals surface area contributed by atoms with Crippen LogP contribution >= 0.6 is 11.3 Å². The fraction of sp³-hybridized carbons (Fsp3) is 0.211. The molecule has 0 saturated carbocycles. The summed E-state index contributed by atoms with van der Waals surface area (Å²) < 4.78 is 6.69. The molecule has 3 aromatic heterocycles. The minimum absolute atomic E-state index is 0.135. The molecule has 0 radical (unpaired) electrons. The Kier molecular flexibility index (Phi) is 5.55. The summed E-state index contributed by atoms with van der Waals surface area (Å²) in [5, 5.41) is 26.2. The number of nitrogens with zero attached hydrogens (tertiary/aromatic N) is 5. The van der Waals surface area contributed by atoms with E-state index in [4.69, 9.17) is 15.6 Å². The van der Waals surface area contributed by atoms with Gasteiger partial charge in [0.15, 0.2) is 0 Å². The first-order valence-corrected chi connectivity index (χ1v) is 9.95. The van der Waals surface area contributed by atoms with Gasteiger partial charge in [0.25, 0.3) is 5.91 Å². The molecule has 4 N–H and O–H groups in total. The van der Waals surface area contributed by atoms with E-state index in [1.165, 1.54) is 22.3 Å². The van der Waals surface area contributed by atoms with Gasteiger partial charge in [-0.05, 0) is 22.7 Å². The van der Waals surface area contributed by atoms with Crippen molar-refractivity contribution >= 4 is 33.1 Å². The summed E-state index contributed by atoms with van der Waals surface area (Å²) in [6, 6.07) is 7.40. The summed E-state index contributed by atoms with van der Waals surface area (Å²) in [4.78, 5) is 17.9. The summed E-state index contributed by atoms with van der Waals surface area (Å²) in [6.07, 6.45) is 1.45. The smallest absolute Gasteiger partial charge is 0.254 e. The van der Waals surface area contributed by atoms with Crippen LogP contribution in [0, 0.1) is 0 Å². The van der Waals surface area contributed by atoms with Crippen LogP contribution in [-0.4, -0.2) is 49.4 Å². The number of pyridine rings is 1. The summed E-state index contributed by atoms with van der Waals surface area (Å²) in [5.74, 6) is 1.18. The number of ether oxygens (including phenoxy) is 1. The topological polar surface area (TPSA) is 141 Å². The van der Waals surface area contributed by atoms with E-state index in [0.717, 1.165) is 15.8 Å². The maximum Gasteiger partial charge on any atom is 0.254 e. The lowest BCUT2D eigenvalue weighted by Crippen LogP contribution is -2.26. The van der Waals surface area contributed by atoms with Crippen LogP contribution in [0.1, 0.15) is 15.9 Å². The van der Waals surface area contributed by atoms with Crippen molar-refractivity contribution in [2.45, 2.75) is 6.61 Å². The molecule has 1 aromatic carbocycles. The Hall–Kier alpha value is -3.57. The van der Waals surface area contributed by atoms with Crippen LogP contribution in [0.4, 0.5) is 5.82 Å². The van der Waals surface area contributed by atoms with Crippen molar-refractivity contribution in [1.82, 2.24) is 30.5 Å². The number of nitrogens with two attached hydrogens (primary N) is 1. The largest absolute Gasteiger partial charge is 0.489 e. The minimum Gasteiger partial charge on any atom is -0.489 e. The van der Waals surface area contributed by atoms with Crippen LogP contribution in [0.2, 0.25) is 0 Å². The quantitative estimate of drug-likeness (QED) is 0.403. The van der Waals surface area contributed by atoms with Gasteiger partial charge < -0.3 is 20.9 Å². The van der Waals surface area contributed by atoms with E-state index in [-0.39, 0.29) is 25.7 Å². The zero-order chi connectivity index (χ0) is 21.1. The number of aliphatic hydroxyl groups is 1. The first-order chi connectivity index (χ1) is 14.6. The molecule has 0 bridgehead atoms. The van der Waals surface area contributed by atoms with Gasteiger partial charge in [-0.3, -0.25) is 4.79 Å². The van der Waals surface area contributed by atoms with Gasteiger partial charge in [-0.25, -0.2) is 4.98 Å². The van der Waals surface area contributed by atoms with Crippen LogP contribution in [0.25, 0.3) is 21.5 Å². The predicted molar refractivity (Wildman–Crippen MR) is 112 cm³/mol. The van der Waals surface area contributed by atoms with E-state index in [2.05, 4.69) is 25.7 Å². The molecule has 11 heteroatoms. The van der Waals surface area contributed by atoms with Gasteiger partial charge in [0, 0.05) is 29.3 Å². The van der Waals surface area contributed by atoms with Crippen molar-refractivity contribution in [3.05, 3.63) is 47.0 Å². The number of carbonyl (C=O) groups excluding carboxylic acids is 1. The van der Waals surface area contributed by atoms with Crippen LogP contribution in [0.15, 0.2) is 35.8 Å². The Morgan fingerprint density at radius 3 is 3.03 bits per heavy atom. The van der Waals surface area contributed by atoms with Crippen LogP contribution in [0.3, 0.4) is 0 Å². The predicted octanol–water partition coefficient (Wildman–Crippen LogP) is 1.37. The number of rotatable bonds is 7. The fourth-order valence-corrected chi connectivity index (χ4v) is 4.02. The molecule has 0 fully saturated rings. The Balaban J connectivity index is 1.57. The maximum atomic E-state index is 12.3. The molecule has 1 amide bonds. The number of benzene rings is 1. The van der Waals surface area contributed by atoms with E-state index in [9.17, 15) is 4.79 Å². The highest BCUT2D eigenvalue weighted by Gasteiger charge is 2.17. The molecular formula is C19H19N7O3S. The highest BCUT2D eigenvalue weighted by molar-refractivity contribution is 7.17. The molecule has 4 rings (SSSR count). The normalized spacial score (nSPS) is 11.0. The first-order valence-electron chi connectivity index (χ1n) is 9.07. The third kappa shape index (κ3) is 3.93. The van der Waals surface area contributed by atoms with Gasteiger partial charge in [0.2, 0.25) is 5.82 Å². The van der Waals surface area contributed by atoms with Crippen molar-refractivity contribution in [1.29, 1.82) is 0 Å². The molecule has 0 atom stereocenters. The molecule has 0 aliphatic carbocycles. The Labute approximate surface area is 175 Å². The average molecular weight is 425 g/mol. The number of thiophene rings is 1. The lowest BCUT2D eigenvalue weighted by molar-refractivity contribution is 0.0946. The van der Waals surface area contributed by atoms with Crippen molar-refractivity contribution in [3.8, 4) is 17.1 Å². The number of aliphatic hydroxyl groups excluding tert-OH is 1. The van der Waals surface area contributed by atoms with Gasteiger partial charge in [-0.2, -0.15) is 4.80 Å². The lowest BCUT2D eigenvalue weighted by atomic mass is 10.1. The second kappa shape index (κ2) is 8.43. The first kappa shape index (κ1) is 19.7. The number of amides is 1. The number of aryl methyl sites for hydroxylation is 1. The zero-order valence-electron chi connectivity index (χ0n) is 16.1. The number of nitrogen functional groups attached to an aromatic ring is 1. The molecule has 0 spiro atoms. The third-order valence-electron chi connectivity index (χ3n) is 4.34. The number of hydrogen-bond donors (Lipinski definition) is 3. The van der Waals surface area contributed by atoms with E-state index >= 15 is 0 Å². The molecule has 30 heavy (non-hydrogen) atoms. The monoisotopic (exact) mass is 425 g/mol. The minimum atomic E-state index is -0.306. The lowest BCUT2D eigenvalue weighted by Gasteiger charge is -2.09. The second-order valence-corrected chi connectivity index (χ2v) is 7.30. The van der Waals surface area contributed by atoms with Crippen molar-refractivity contribution < 1.29 is 14.6 Å². The molecule has 0 saturated heterocycles. The maximum absolute atomic E-state index is 12.3. The fourth-order valence-electron chi connectivity index (χ4n) is 2.95. The number of aromatic nitrogens is 5. The molecule has 154 valence electrons. The molecule has 10 nitrogen and oxygen atoms in total. The number of anilines is 1. The second-order valence-electron chi connectivity index (χ2n) is 6.42. The molecular weight excluding hydrogens is 406 g/mol. The Morgan fingerprint density at radius 1 is 1.40 bits per heavy atom. The number of carbonyl (C=O) groups is 1. The van der Waals surface area contributed by atoms with Gasteiger partial charge in [0.1, 0.15) is 18.2 Å². The highest BCUT2D eigenvalue weighted by atomic mass is 32.1. The Bertz CT molecular complexity index is 1200. The van der Waals surface area contributed by atoms with Gasteiger partial charge in [0.05, 0.1) is 23.9 Å². The number of fused-ring (bicyclic) bond motifs is 1. The summed E-state index contributed by atoms with van der Waals surface area (Å²) in [5.41, 5.74) is 8.13. The van der Waals surface area contributed by atoms with E-state index in [1.807, 2.05) is 29.6 Å². The molecule has 0 unspecified atom stereocenters. The zero-order valence-corrected chi connectivity index (χ0v) is 16.9. The third-order valence-corrected chi connectivity index (χ3v) is 5.40. The molecule has 3 heterocycles. The van der Waals surface area contributed by atoms with Crippen LogP contribution in [-0.2, 0) is 13.7 Å². The van der Waals surface area contributed by atoms with Crippen molar-refractivity contribution in [3.63, 3.8) is 0 Å². The highest BCUT2D eigenvalue weighted by Crippen LogP contribution is 2.33. The SMILES string of the molecule is Cn1nnc(-c2cccc(OCc3csc4c(C(=O)NCCO)cnc(N)c34)c2)n1. The van der Waals surface area contributed by atoms with Gasteiger partial charge in [-0.1, -0.05) is 12.1 Å². The number of tetrazole rings is 1.